The Morgan fingerprint density at radius 3 is 2.54 bits per heavy atom. The highest BCUT2D eigenvalue weighted by Gasteiger charge is 2.18. The smallest absolute Gasteiger partial charge is 0.268 e. The first-order chi connectivity index (χ1) is 12.5. The zero-order chi connectivity index (χ0) is 18.3. The molecular weight excluding hydrogens is 345 g/mol. The molecule has 1 N–H and O–H groups in total. The van der Waals surface area contributed by atoms with Crippen LogP contribution in [-0.4, -0.2) is 30.1 Å². The maximum atomic E-state index is 13.9. The zero-order valence-electron chi connectivity index (χ0n) is 13.4. The minimum Gasteiger partial charge on any atom is -0.278 e. The zero-order valence-corrected chi connectivity index (χ0v) is 13.4. The first-order valence-electron chi connectivity index (χ1n) is 7.61. The number of aromatic amines is 1. The highest BCUT2D eigenvalue weighted by Crippen LogP contribution is 2.30. The van der Waals surface area contributed by atoms with Crippen LogP contribution in [0.4, 0.5) is 13.2 Å². The summed E-state index contributed by atoms with van der Waals surface area (Å²) in [6, 6.07) is 4.05. The molecule has 0 fully saturated rings. The minimum atomic E-state index is -2.94. The van der Waals surface area contributed by atoms with Crippen LogP contribution < -0.4 is 0 Å². The number of aryl methyl sites for hydroxylation is 1. The standard InChI is InChI=1S/C17H11F3N6/c1-8-5-21-7-14(23-8)13-4-12-10(6-22-26-12)15(24-13)11-3-2-9(16(18)19)17(20)25-11/h2-7,16H,1H3,(H,22,26). The molecule has 0 amide bonds. The molecule has 4 heterocycles. The van der Waals surface area contributed by atoms with Crippen LogP contribution in [-0.2, 0) is 0 Å². The van der Waals surface area contributed by atoms with Crippen LogP contribution >= 0.6 is 0 Å². The van der Waals surface area contributed by atoms with Gasteiger partial charge in [0, 0.05) is 11.6 Å². The third-order valence-electron chi connectivity index (χ3n) is 3.81. The molecule has 9 heteroatoms. The fourth-order valence-electron chi connectivity index (χ4n) is 2.60. The Kier molecular flexibility index (Phi) is 3.83. The van der Waals surface area contributed by atoms with Gasteiger partial charge in [0.25, 0.3) is 6.43 Å². The predicted molar refractivity (Wildman–Crippen MR) is 87.8 cm³/mol. The van der Waals surface area contributed by atoms with Crippen molar-refractivity contribution in [3.63, 3.8) is 0 Å². The van der Waals surface area contributed by atoms with Crippen molar-refractivity contribution < 1.29 is 13.2 Å². The van der Waals surface area contributed by atoms with E-state index in [1.807, 2.05) is 0 Å². The molecule has 0 aliphatic rings. The van der Waals surface area contributed by atoms with Crippen molar-refractivity contribution in [1.29, 1.82) is 0 Å². The molecule has 6 nitrogen and oxygen atoms in total. The average Bonchev–Trinajstić information content (AvgIpc) is 3.09. The molecule has 4 aromatic heterocycles. The number of alkyl halides is 2. The molecule has 0 aromatic carbocycles. The van der Waals surface area contributed by atoms with Crippen LogP contribution in [0, 0.1) is 12.9 Å². The number of hydrogen-bond donors (Lipinski definition) is 1. The second kappa shape index (κ2) is 6.17. The molecule has 0 aliphatic carbocycles. The lowest BCUT2D eigenvalue weighted by molar-refractivity contribution is 0.145. The van der Waals surface area contributed by atoms with Crippen molar-refractivity contribution in [2.24, 2.45) is 0 Å². The summed E-state index contributed by atoms with van der Waals surface area (Å²) in [4.78, 5) is 16.6. The number of halogens is 3. The van der Waals surface area contributed by atoms with Crippen molar-refractivity contribution in [2.45, 2.75) is 13.3 Å². The number of H-pyrrole nitrogens is 1. The van der Waals surface area contributed by atoms with E-state index in [2.05, 4.69) is 30.1 Å². The molecule has 4 aromatic rings. The van der Waals surface area contributed by atoms with Crippen molar-refractivity contribution in [3.8, 4) is 22.8 Å². The summed E-state index contributed by atoms with van der Waals surface area (Å²) in [5, 5.41) is 7.37. The first-order valence-corrected chi connectivity index (χ1v) is 7.61. The lowest BCUT2D eigenvalue weighted by atomic mass is 10.1. The summed E-state index contributed by atoms with van der Waals surface area (Å²) in [6.45, 7) is 1.80. The molecule has 4 rings (SSSR count). The summed E-state index contributed by atoms with van der Waals surface area (Å²) in [6.07, 6.45) is 1.74. The maximum absolute atomic E-state index is 13.9. The first kappa shape index (κ1) is 16.1. The number of aromatic nitrogens is 6. The summed E-state index contributed by atoms with van der Waals surface area (Å²) >= 11 is 0. The molecular formula is C17H11F3N6. The van der Waals surface area contributed by atoms with E-state index >= 15 is 0 Å². The molecule has 0 aliphatic heterocycles. The Morgan fingerprint density at radius 2 is 1.81 bits per heavy atom. The van der Waals surface area contributed by atoms with E-state index in [9.17, 15) is 13.2 Å². The van der Waals surface area contributed by atoms with Crippen LogP contribution in [0.15, 0.2) is 36.8 Å². The average molecular weight is 356 g/mol. The van der Waals surface area contributed by atoms with Crippen LogP contribution in [0.1, 0.15) is 17.7 Å². The summed E-state index contributed by atoms with van der Waals surface area (Å²) in [5.41, 5.74) is 2.03. The highest BCUT2D eigenvalue weighted by atomic mass is 19.3. The Hall–Kier alpha value is -3.36. The van der Waals surface area contributed by atoms with Crippen LogP contribution in [0.3, 0.4) is 0 Å². The molecule has 0 atom stereocenters. The second-order valence-corrected chi connectivity index (χ2v) is 5.61. The predicted octanol–water partition coefficient (Wildman–Crippen LogP) is 3.86. The second-order valence-electron chi connectivity index (χ2n) is 5.61. The fraction of sp³-hybridized carbons (Fsp3) is 0.118. The minimum absolute atomic E-state index is 0.126. The third-order valence-corrected chi connectivity index (χ3v) is 3.81. The molecule has 0 saturated heterocycles. The van der Waals surface area contributed by atoms with Gasteiger partial charge < -0.3 is 0 Å². The van der Waals surface area contributed by atoms with Crippen LogP contribution in [0.5, 0.6) is 0 Å². The highest BCUT2D eigenvalue weighted by molar-refractivity contribution is 5.93. The van der Waals surface area contributed by atoms with Gasteiger partial charge in [-0.15, -0.1) is 0 Å². The Bertz CT molecular complexity index is 1110. The van der Waals surface area contributed by atoms with E-state index in [0.717, 1.165) is 6.07 Å². The summed E-state index contributed by atoms with van der Waals surface area (Å²) in [5.74, 6) is -1.23. The lowest BCUT2D eigenvalue weighted by Crippen LogP contribution is -1.99. The van der Waals surface area contributed by atoms with Gasteiger partial charge in [-0.1, -0.05) is 0 Å². The van der Waals surface area contributed by atoms with Gasteiger partial charge >= 0.3 is 0 Å². The normalized spacial score (nSPS) is 11.4. The number of nitrogens with zero attached hydrogens (tertiary/aromatic N) is 5. The van der Waals surface area contributed by atoms with E-state index in [1.54, 1.807) is 25.4 Å². The van der Waals surface area contributed by atoms with Gasteiger partial charge in [0.05, 0.1) is 40.6 Å². The van der Waals surface area contributed by atoms with Gasteiger partial charge in [0.2, 0.25) is 5.95 Å². The fourth-order valence-corrected chi connectivity index (χ4v) is 2.60. The van der Waals surface area contributed by atoms with E-state index in [4.69, 9.17) is 0 Å². The van der Waals surface area contributed by atoms with Gasteiger partial charge in [-0.25, -0.2) is 23.7 Å². The molecule has 0 bridgehead atoms. The van der Waals surface area contributed by atoms with Gasteiger partial charge in [-0.05, 0) is 25.1 Å². The third kappa shape index (κ3) is 2.77. The van der Waals surface area contributed by atoms with E-state index in [0.29, 0.717) is 33.7 Å². The molecule has 0 radical (unpaired) electrons. The van der Waals surface area contributed by atoms with Gasteiger partial charge in [-0.2, -0.15) is 9.49 Å². The number of nitrogens with one attached hydrogen (secondary N) is 1. The SMILES string of the molecule is Cc1cncc(-c2cc3[nH]ncc3c(-c3ccc(C(F)F)c(F)n3)n2)n1. The van der Waals surface area contributed by atoms with E-state index in [1.165, 1.54) is 12.3 Å². The molecule has 130 valence electrons. The summed E-state index contributed by atoms with van der Waals surface area (Å²) in [7, 11) is 0. The Balaban J connectivity index is 1.92. The van der Waals surface area contributed by atoms with Gasteiger partial charge in [0.1, 0.15) is 11.4 Å². The monoisotopic (exact) mass is 356 g/mol. The largest absolute Gasteiger partial charge is 0.278 e. The van der Waals surface area contributed by atoms with Crippen molar-refractivity contribution in [2.75, 3.05) is 0 Å². The Morgan fingerprint density at radius 1 is 0.962 bits per heavy atom. The quantitative estimate of drug-likeness (QED) is 0.564. The van der Waals surface area contributed by atoms with E-state index in [-0.39, 0.29) is 5.69 Å². The summed E-state index contributed by atoms with van der Waals surface area (Å²) < 4.78 is 39.5. The number of rotatable bonds is 3. The van der Waals surface area contributed by atoms with Crippen LogP contribution in [0.25, 0.3) is 33.7 Å². The topological polar surface area (TPSA) is 80.2 Å². The number of fused-ring (bicyclic) bond motifs is 1. The van der Waals surface area contributed by atoms with E-state index < -0.39 is 17.9 Å². The molecule has 0 saturated carbocycles. The van der Waals surface area contributed by atoms with Crippen molar-refractivity contribution >= 4 is 10.9 Å². The molecule has 0 unspecified atom stereocenters. The number of pyridine rings is 2. The van der Waals surface area contributed by atoms with Crippen LogP contribution in [0.2, 0.25) is 0 Å². The maximum Gasteiger partial charge on any atom is 0.268 e. The van der Waals surface area contributed by atoms with Crippen molar-refractivity contribution in [3.05, 3.63) is 54.0 Å². The lowest BCUT2D eigenvalue weighted by Gasteiger charge is -2.08. The van der Waals surface area contributed by atoms with Gasteiger partial charge in [-0.3, -0.25) is 10.1 Å². The molecule has 26 heavy (non-hydrogen) atoms. The Labute approximate surface area is 145 Å². The molecule has 0 spiro atoms. The number of hydrogen-bond acceptors (Lipinski definition) is 5. The van der Waals surface area contributed by atoms with Gasteiger partial charge in [0.15, 0.2) is 0 Å². The van der Waals surface area contributed by atoms with Crippen molar-refractivity contribution in [1.82, 2.24) is 30.1 Å².